The molecule has 0 saturated heterocycles. The highest BCUT2D eigenvalue weighted by Gasteiger charge is 2.34. The molecule has 0 aliphatic rings. The van der Waals surface area contributed by atoms with Gasteiger partial charge in [0.2, 0.25) is 15.9 Å². The van der Waals surface area contributed by atoms with E-state index in [0.29, 0.717) is 11.6 Å². The molecule has 1 aromatic heterocycles. The zero-order chi connectivity index (χ0) is 20.4. The van der Waals surface area contributed by atoms with Crippen LogP contribution in [0, 0.1) is 5.41 Å². The Morgan fingerprint density at radius 1 is 1.00 bits per heavy atom. The van der Waals surface area contributed by atoms with Crippen LogP contribution in [0.5, 0.6) is 5.75 Å². The standard InChI is InChI=1S/C21H22N2O4S/c1-21(2,3)19(24)18(20-22-13-14-23-20)27-15-9-11-17(12-10-15)28(25,26)16-7-5-4-6-8-16/h4-14,18H,1-3H3,(H,22,23). The summed E-state index contributed by atoms with van der Waals surface area (Å²) < 4.78 is 31.3. The molecule has 1 unspecified atom stereocenters. The molecule has 0 aliphatic carbocycles. The normalized spacial score (nSPS) is 13.1. The monoisotopic (exact) mass is 398 g/mol. The van der Waals surface area contributed by atoms with Gasteiger partial charge in [0, 0.05) is 17.8 Å². The highest BCUT2D eigenvalue weighted by Crippen LogP contribution is 2.30. The molecule has 1 heterocycles. The van der Waals surface area contributed by atoms with Crippen molar-refractivity contribution in [3.8, 4) is 5.75 Å². The maximum Gasteiger partial charge on any atom is 0.214 e. The summed E-state index contributed by atoms with van der Waals surface area (Å²) in [4.78, 5) is 20.2. The molecular weight excluding hydrogens is 376 g/mol. The highest BCUT2D eigenvalue weighted by atomic mass is 32.2. The third kappa shape index (κ3) is 4.14. The molecule has 1 N–H and O–H groups in total. The number of carbonyl (C=O) groups is 1. The van der Waals surface area contributed by atoms with Gasteiger partial charge in [0.25, 0.3) is 0 Å². The van der Waals surface area contributed by atoms with E-state index in [0.717, 1.165) is 0 Å². The van der Waals surface area contributed by atoms with Gasteiger partial charge in [-0.25, -0.2) is 13.4 Å². The maximum absolute atomic E-state index is 12.8. The van der Waals surface area contributed by atoms with Gasteiger partial charge in [0.15, 0.2) is 11.6 Å². The topological polar surface area (TPSA) is 89.1 Å². The van der Waals surface area contributed by atoms with Crippen molar-refractivity contribution < 1.29 is 17.9 Å². The number of Topliss-reactive ketones (excluding diaryl/α,β-unsaturated/α-hetero) is 1. The van der Waals surface area contributed by atoms with Crippen molar-refractivity contribution in [1.82, 2.24) is 9.97 Å². The molecule has 0 radical (unpaired) electrons. The number of aromatic nitrogens is 2. The summed E-state index contributed by atoms with van der Waals surface area (Å²) in [5.74, 6) is 0.648. The first-order valence-electron chi connectivity index (χ1n) is 8.80. The average molecular weight is 398 g/mol. The van der Waals surface area contributed by atoms with Crippen LogP contribution in [0.2, 0.25) is 0 Å². The smallest absolute Gasteiger partial charge is 0.214 e. The molecule has 6 nitrogen and oxygen atoms in total. The molecule has 0 spiro atoms. The lowest BCUT2D eigenvalue weighted by molar-refractivity contribution is -0.134. The Kier molecular flexibility index (Phi) is 5.38. The van der Waals surface area contributed by atoms with Crippen LogP contribution in [0.1, 0.15) is 32.7 Å². The number of imidazole rings is 1. The van der Waals surface area contributed by atoms with Crippen LogP contribution in [0.25, 0.3) is 0 Å². The molecule has 0 saturated carbocycles. The van der Waals surface area contributed by atoms with Crippen LogP contribution in [-0.2, 0) is 14.6 Å². The van der Waals surface area contributed by atoms with Crippen LogP contribution in [0.4, 0.5) is 0 Å². The Balaban J connectivity index is 1.87. The van der Waals surface area contributed by atoms with E-state index in [-0.39, 0.29) is 15.6 Å². The minimum atomic E-state index is -3.61. The number of nitrogens with zero attached hydrogens (tertiary/aromatic N) is 1. The molecule has 2 aromatic carbocycles. The summed E-state index contributed by atoms with van der Waals surface area (Å²) >= 11 is 0. The number of H-pyrrole nitrogens is 1. The van der Waals surface area contributed by atoms with Crippen LogP contribution < -0.4 is 4.74 Å². The van der Waals surface area contributed by atoms with Crippen molar-refractivity contribution in [1.29, 1.82) is 0 Å². The minimum absolute atomic E-state index is 0.136. The van der Waals surface area contributed by atoms with E-state index in [9.17, 15) is 13.2 Å². The second-order valence-electron chi connectivity index (χ2n) is 7.37. The first kappa shape index (κ1) is 19.8. The number of aromatic amines is 1. The van der Waals surface area contributed by atoms with Gasteiger partial charge in [-0.2, -0.15) is 0 Å². The van der Waals surface area contributed by atoms with E-state index in [2.05, 4.69) is 9.97 Å². The van der Waals surface area contributed by atoms with E-state index in [1.165, 1.54) is 12.1 Å². The van der Waals surface area contributed by atoms with Crippen LogP contribution in [-0.4, -0.2) is 24.2 Å². The van der Waals surface area contributed by atoms with E-state index < -0.39 is 21.4 Å². The molecule has 0 amide bonds. The number of rotatable bonds is 6. The summed E-state index contributed by atoms with van der Waals surface area (Å²) in [5.41, 5.74) is -0.631. The van der Waals surface area contributed by atoms with Crippen LogP contribution in [0.3, 0.4) is 0 Å². The predicted octanol–water partition coefficient (Wildman–Crippen LogP) is 3.98. The molecule has 146 valence electrons. The quantitative estimate of drug-likeness (QED) is 0.678. The zero-order valence-corrected chi connectivity index (χ0v) is 16.7. The summed E-state index contributed by atoms with van der Waals surface area (Å²) in [5, 5.41) is 0. The maximum atomic E-state index is 12.8. The van der Waals surface area contributed by atoms with Crippen molar-refractivity contribution in [2.75, 3.05) is 0 Å². The Morgan fingerprint density at radius 2 is 1.61 bits per heavy atom. The molecule has 0 fully saturated rings. The number of hydrogen-bond acceptors (Lipinski definition) is 5. The van der Waals surface area contributed by atoms with Gasteiger partial charge in [-0.1, -0.05) is 39.0 Å². The molecule has 3 aromatic rings. The number of sulfone groups is 1. The third-order valence-corrected chi connectivity index (χ3v) is 5.97. The molecular formula is C21H22N2O4S. The summed E-state index contributed by atoms with van der Waals surface area (Å²) in [6, 6.07) is 14.2. The summed E-state index contributed by atoms with van der Waals surface area (Å²) in [7, 11) is -3.61. The lowest BCUT2D eigenvalue weighted by Crippen LogP contribution is -2.31. The first-order chi connectivity index (χ1) is 13.2. The summed E-state index contributed by atoms with van der Waals surface area (Å²) in [6.45, 7) is 5.43. The molecule has 3 rings (SSSR count). The van der Waals surface area contributed by atoms with Crippen molar-refractivity contribution >= 4 is 15.6 Å². The van der Waals surface area contributed by atoms with E-state index in [1.807, 2.05) is 20.8 Å². The van der Waals surface area contributed by atoms with Crippen molar-refractivity contribution in [3.63, 3.8) is 0 Å². The second-order valence-corrected chi connectivity index (χ2v) is 9.32. The number of ketones is 1. The highest BCUT2D eigenvalue weighted by molar-refractivity contribution is 7.91. The number of nitrogens with one attached hydrogen (secondary N) is 1. The van der Waals surface area contributed by atoms with E-state index >= 15 is 0 Å². The second kappa shape index (κ2) is 7.59. The van der Waals surface area contributed by atoms with Gasteiger partial charge in [0.1, 0.15) is 5.75 Å². The fourth-order valence-electron chi connectivity index (χ4n) is 2.62. The summed E-state index contributed by atoms with van der Waals surface area (Å²) in [6.07, 6.45) is 2.26. The number of benzene rings is 2. The van der Waals surface area contributed by atoms with Crippen molar-refractivity contribution in [2.45, 2.75) is 36.7 Å². The van der Waals surface area contributed by atoms with Crippen LogP contribution >= 0.6 is 0 Å². The Bertz CT molecular complexity index is 1040. The van der Waals surface area contributed by atoms with Crippen molar-refractivity contribution in [2.24, 2.45) is 5.41 Å². The van der Waals surface area contributed by atoms with Gasteiger partial charge >= 0.3 is 0 Å². The molecule has 0 aliphatic heterocycles. The fraction of sp³-hybridized carbons (Fsp3) is 0.238. The molecule has 0 bridgehead atoms. The van der Waals surface area contributed by atoms with E-state index in [4.69, 9.17) is 4.74 Å². The van der Waals surface area contributed by atoms with Crippen LogP contribution in [0.15, 0.2) is 76.8 Å². The Hall–Kier alpha value is -2.93. The van der Waals surface area contributed by atoms with Gasteiger partial charge in [-0.3, -0.25) is 4.79 Å². The number of carbonyl (C=O) groups excluding carboxylic acids is 1. The lowest BCUT2D eigenvalue weighted by Gasteiger charge is -2.24. The van der Waals surface area contributed by atoms with Gasteiger partial charge < -0.3 is 9.72 Å². The zero-order valence-electron chi connectivity index (χ0n) is 15.9. The average Bonchev–Trinajstić information content (AvgIpc) is 3.20. The molecule has 7 heteroatoms. The van der Waals surface area contributed by atoms with Gasteiger partial charge in [0.05, 0.1) is 9.79 Å². The molecule has 1 atom stereocenters. The Labute approximate surface area is 164 Å². The first-order valence-corrected chi connectivity index (χ1v) is 10.3. The van der Waals surface area contributed by atoms with E-state index in [1.54, 1.807) is 54.9 Å². The van der Waals surface area contributed by atoms with Gasteiger partial charge in [-0.05, 0) is 36.4 Å². The van der Waals surface area contributed by atoms with Gasteiger partial charge in [-0.15, -0.1) is 0 Å². The largest absolute Gasteiger partial charge is 0.475 e. The minimum Gasteiger partial charge on any atom is -0.475 e. The Morgan fingerprint density at radius 3 is 2.14 bits per heavy atom. The SMILES string of the molecule is CC(C)(C)C(=O)C(Oc1ccc(S(=O)(=O)c2ccccc2)cc1)c1ncc[nH]1. The molecule has 28 heavy (non-hydrogen) atoms. The number of ether oxygens (including phenoxy) is 1. The fourth-order valence-corrected chi connectivity index (χ4v) is 3.90. The van der Waals surface area contributed by atoms with Crippen molar-refractivity contribution in [3.05, 3.63) is 72.8 Å². The predicted molar refractivity (Wildman–Crippen MR) is 105 cm³/mol. The third-order valence-electron chi connectivity index (χ3n) is 4.19. The number of hydrogen-bond donors (Lipinski definition) is 1. The lowest BCUT2D eigenvalue weighted by atomic mass is 9.87.